The van der Waals surface area contributed by atoms with Gasteiger partial charge in [-0.25, -0.2) is 4.39 Å². The number of fused-ring (bicyclic) bond motifs is 2. The van der Waals surface area contributed by atoms with Gasteiger partial charge < -0.3 is 15.0 Å². The number of hydrogen-bond donors (Lipinski definition) is 2. The Morgan fingerprint density at radius 2 is 1.88 bits per heavy atom. The molecule has 4 unspecified atom stereocenters. The third-order valence-corrected chi connectivity index (χ3v) is 7.91. The highest BCUT2D eigenvalue weighted by Crippen LogP contribution is 2.41. The van der Waals surface area contributed by atoms with Crippen LogP contribution in [-0.4, -0.2) is 39.5 Å². The molecule has 2 fully saturated rings. The minimum absolute atomic E-state index is 0.0280. The number of piperidine rings is 1. The van der Waals surface area contributed by atoms with Gasteiger partial charge in [0.05, 0.1) is 5.92 Å². The van der Waals surface area contributed by atoms with E-state index in [4.69, 9.17) is 0 Å². The lowest BCUT2D eigenvalue weighted by molar-refractivity contribution is -0.152. The monoisotopic (exact) mass is 462 g/mol. The average molecular weight is 463 g/mol. The number of likely N-dealkylation sites (tertiary alicyclic amines) is 1. The predicted molar refractivity (Wildman–Crippen MR) is 130 cm³/mol. The summed E-state index contributed by atoms with van der Waals surface area (Å²) in [4.78, 5) is 30.5. The normalized spacial score (nSPS) is 23.5. The maximum atomic E-state index is 14.6. The average Bonchev–Trinajstić information content (AvgIpc) is 3.28. The minimum Gasteiger partial charge on any atom is -0.481 e. The zero-order chi connectivity index (χ0) is 23.8. The third kappa shape index (κ3) is 3.99. The number of aliphatic carboxylic acids is 1. The molecule has 4 atom stereocenters. The molecule has 5 rings (SSSR count). The van der Waals surface area contributed by atoms with Crippen molar-refractivity contribution in [2.75, 3.05) is 6.54 Å². The largest absolute Gasteiger partial charge is 0.481 e. The Morgan fingerprint density at radius 1 is 1.09 bits per heavy atom. The van der Waals surface area contributed by atoms with E-state index in [1.165, 1.54) is 6.07 Å². The first-order valence-electron chi connectivity index (χ1n) is 12.3. The molecule has 0 radical (unpaired) electrons. The molecule has 2 heterocycles. The van der Waals surface area contributed by atoms with Crippen LogP contribution < -0.4 is 0 Å². The smallest absolute Gasteiger partial charge is 0.306 e. The standard InChI is InChI=1S/C28H31FN2O3/c1-17(15-26(32)31-14-6-10-19-21(28(33)34)9-5-13-25(19)31)22-16-30-24-12-4-8-20(27(22)24)18-7-2-3-11-23(18)29/h2-4,7-8,11-12,16-17,19,21,25,30H,5-6,9-10,13-15H2,1H3,(H,33,34). The van der Waals surface area contributed by atoms with E-state index in [1.54, 1.807) is 12.1 Å². The summed E-state index contributed by atoms with van der Waals surface area (Å²) < 4.78 is 14.6. The Bertz CT molecular complexity index is 1220. The number of halogens is 1. The van der Waals surface area contributed by atoms with Crippen molar-refractivity contribution < 1.29 is 19.1 Å². The van der Waals surface area contributed by atoms with Crippen molar-refractivity contribution >= 4 is 22.8 Å². The van der Waals surface area contributed by atoms with Crippen LogP contribution in [0.2, 0.25) is 0 Å². The quantitative estimate of drug-likeness (QED) is 0.491. The summed E-state index contributed by atoms with van der Waals surface area (Å²) >= 11 is 0. The number of H-pyrrole nitrogens is 1. The van der Waals surface area contributed by atoms with Gasteiger partial charge in [0.2, 0.25) is 5.91 Å². The van der Waals surface area contributed by atoms with Gasteiger partial charge in [0, 0.05) is 41.7 Å². The molecule has 2 aromatic carbocycles. The second kappa shape index (κ2) is 9.24. The molecule has 1 saturated heterocycles. The fourth-order valence-corrected chi connectivity index (χ4v) is 6.30. The van der Waals surface area contributed by atoms with E-state index in [1.807, 2.05) is 42.3 Å². The van der Waals surface area contributed by atoms with Gasteiger partial charge in [-0.15, -0.1) is 0 Å². The summed E-state index contributed by atoms with van der Waals surface area (Å²) in [6, 6.07) is 12.6. The van der Waals surface area contributed by atoms with Crippen LogP contribution in [0, 0.1) is 17.7 Å². The van der Waals surface area contributed by atoms with Crippen LogP contribution in [0.3, 0.4) is 0 Å². The van der Waals surface area contributed by atoms with Crippen LogP contribution in [0.5, 0.6) is 0 Å². The zero-order valence-corrected chi connectivity index (χ0v) is 19.5. The van der Waals surface area contributed by atoms with E-state index in [2.05, 4.69) is 4.98 Å². The van der Waals surface area contributed by atoms with Crippen LogP contribution in [-0.2, 0) is 9.59 Å². The number of benzene rings is 2. The number of carbonyl (C=O) groups excluding carboxylic acids is 1. The van der Waals surface area contributed by atoms with E-state index in [0.29, 0.717) is 24.9 Å². The van der Waals surface area contributed by atoms with Gasteiger partial charge in [-0.2, -0.15) is 0 Å². The summed E-state index contributed by atoms with van der Waals surface area (Å²) in [6.07, 6.45) is 6.48. The molecule has 1 aliphatic heterocycles. The summed E-state index contributed by atoms with van der Waals surface area (Å²) in [6.45, 7) is 2.74. The number of nitrogens with zero attached hydrogens (tertiary/aromatic N) is 1. The number of aromatic nitrogens is 1. The molecule has 1 aliphatic carbocycles. The number of rotatable bonds is 5. The molecule has 2 N–H and O–H groups in total. The number of carboxylic acids is 1. The Morgan fingerprint density at radius 3 is 2.68 bits per heavy atom. The minimum atomic E-state index is -0.725. The fraction of sp³-hybridized carbons (Fsp3) is 0.429. The van der Waals surface area contributed by atoms with Crippen LogP contribution in [0.25, 0.3) is 22.0 Å². The Balaban J connectivity index is 1.41. The predicted octanol–water partition coefficient (Wildman–Crippen LogP) is 5.96. The van der Waals surface area contributed by atoms with Gasteiger partial charge in [-0.05, 0) is 60.8 Å². The summed E-state index contributed by atoms with van der Waals surface area (Å²) in [5, 5.41) is 10.6. The van der Waals surface area contributed by atoms with Crippen LogP contribution in [0.1, 0.15) is 56.9 Å². The molecular formula is C28H31FN2O3. The van der Waals surface area contributed by atoms with Crippen molar-refractivity contribution in [3.05, 3.63) is 60.0 Å². The third-order valence-electron chi connectivity index (χ3n) is 7.91. The van der Waals surface area contributed by atoms with E-state index >= 15 is 0 Å². The summed E-state index contributed by atoms with van der Waals surface area (Å²) in [7, 11) is 0. The molecule has 2 aliphatic rings. The van der Waals surface area contributed by atoms with Crippen LogP contribution >= 0.6 is 0 Å². The fourth-order valence-electron chi connectivity index (χ4n) is 6.30. The van der Waals surface area contributed by atoms with Crippen molar-refractivity contribution in [1.29, 1.82) is 0 Å². The second-order valence-corrected chi connectivity index (χ2v) is 9.89. The molecule has 178 valence electrons. The van der Waals surface area contributed by atoms with Crippen molar-refractivity contribution in [1.82, 2.24) is 9.88 Å². The van der Waals surface area contributed by atoms with Gasteiger partial charge in [0.25, 0.3) is 0 Å². The maximum absolute atomic E-state index is 14.6. The molecule has 5 nitrogen and oxygen atoms in total. The van der Waals surface area contributed by atoms with E-state index in [-0.39, 0.29) is 35.5 Å². The Labute approximate surface area is 199 Å². The van der Waals surface area contributed by atoms with Crippen LogP contribution in [0.15, 0.2) is 48.7 Å². The molecule has 1 amide bonds. The number of nitrogens with one attached hydrogen (secondary N) is 1. The number of hydrogen-bond acceptors (Lipinski definition) is 2. The molecule has 1 saturated carbocycles. The summed E-state index contributed by atoms with van der Waals surface area (Å²) in [5.74, 6) is -1.25. The highest BCUT2D eigenvalue weighted by molar-refractivity contribution is 5.98. The molecule has 0 bridgehead atoms. The first-order valence-corrected chi connectivity index (χ1v) is 12.3. The lowest BCUT2D eigenvalue weighted by Gasteiger charge is -2.46. The molecular weight excluding hydrogens is 431 g/mol. The number of carbonyl (C=O) groups is 2. The highest BCUT2D eigenvalue weighted by Gasteiger charge is 2.43. The first-order chi connectivity index (χ1) is 16.5. The van der Waals surface area contributed by atoms with Gasteiger partial charge >= 0.3 is 5.97 Å². The van der Waals surface area contributed by atoms with Gasteiger partial charge in [0.15, 0.2) is 0 Å². The van der Waals surface area contributed by atoms with Crippen LogP contribution in [0.4, 0.5) is 4.39 Å². The number of aromatic amines is 1. The maximum Gasteiger partial charge on any atom is 0.306 e. The molecule has 1 aromatic heterocycles. The lowest BCUT2D eigenvalue weighted by Crippen LogP contribution is -2.53. The lowest BCUT2D eigenvalue weighted by atomic mass is 9.71. The first kappa shape index (κ1) is 22.6. The summed E-state index contributed by atoms with van der Waals surface area (Å²) in [5.41, 5.74) is 3.29. The van der Waals surface area contributed by atoms with Gasteiger partial charge in [-0.1, -0.05) is 43.7 Å². The molecule has 34 heavy (non-hydrogen) atoms. The SMILES string of the molecule is CC(CC(=O)N1CCCC2C(C(=O)O)CCCC21)c1c[nH]c2cccc(-c3ccccc3F)c12. The number of carboxylic acid groups (broad SMARTS) is 1. The van der Waals surface area contributed by atoms with Crippen molar-refractivity contribution in [2.45, 2.75) is 57.4 Å². The topological polar surface area (TPSA) is 73.4 Å². The van der Waals surface area contributed by atoms with Gasteiger partial charge in [0.1, 0.15) is 5.82 Å². The molecule has 3 aromatic rings. The molecule has 6 heteroatoms. The van der Waals surface area contributed by atoms with Crippen molar-refractivity contribution in [3.63, 3.8) is 0 Å². The Kier molecular flexibility index (Phi) is 6.15. The zero-order valence-electron chi connectivity index (χ0n) is 19.5. The van der Waals surface area contributed by atoms with E-state index in [0.717, 1.165) is 47.7 Å². The second-order valence-electron chi connectivity index (χ2n) is 9.89. The molecule has 0 spiro atoms. The van der Waals surface area contributed by atoms with Crippen molar-refractivity contribution in [2.24, 2.45) is 11.8 Å². The number of amides is 1. The van der Waals surface area contributed by atoms with E-state index < -0.39 is 5.97 Å². The van der Waals surface area contributed by atoms with Crippen molar-refractivity contribution in [3.8, 4) is 11.1 Å². The van der Waals surface area contributed by atoms with E-state index in [9.17, 15) is 19.1 Å². The Hall–Kier alpha value is -3.15. The highest BCUT2D eigenvalue weighted by atomic mass is 19.1. The van der Waals surface area contributed by atoms with Gasteiger partial charge in [-0.3, -0.25) is 9.59 Å².